The molecule has 0 spiro atoms. The number of carbonyl (C=O) groups excluding carboxylic acids is 1. The van der Waals surface area contributed by atoms with E-state index in [9.17, 15) is 4.79 Å². The standard InChI is InChI=1S/C14H14N2O2/c1-2-18-14(17)8-7-11-5-3-4-6-12(11)13-9-10-15-16-13/h3-10H,2H2,1H3,(H,15,16). The van der Waals surface area contributed by atoms with Crippen molar-refractivity contribution in [1.82, 2.24) is 10.2 Å². The Kier molecular flexibility index (Phi) is 3.91. The minimum Gasteiger partial charge on any atom is -0.463 e. The van der Waals surface area contributed by atoms with E-state index in [-0.39, 0.29) is 5.97 Å². The number of nitrogens with zero attached hydrogens (tertiary/aromatic N) is 1. The lowest BCUT2D eigenvalue weighted by Crippen LogP contribution is -1.98. The van der Waals surface area contributed by atoms with E-state index >= 15 is 0 Å². The zero-order valence-electron chi connectivity index (χ0n) is 10.1. The first-order valence-corrected chi connectivity index (χ1v) is 5.75. The number of ether oxygens (including phenoxy) is 1. The smallest absolute Gasteiger partial charge is 0.330 e. The molecule has 2 rings (SSSR count). The maximum Gasteiger partial charge on any atom is 0.330 e. The fourth-order valence-corrected chi connectivity index (χ4v) is 1.64. The van der Waals surface area contributed by atoms with Gasteiger partial charge in [-0.15, -0.1) is 0 Å². The van der Waals surface area contributed by atoms with Gasteiger partial charge in [0, 0.05) is 17.8 Å². The molecule has 4 nitrogen and oxygen atoms in total. The zero-order chi connectivity index (χ0) is 12.8. The molecular weight excluding hydrogens is 228 g/mol. The molecule has 1 N–H and O–H groups in total. The highest BCUT2D eigenvalue weighted by molar-refractivity contribution is 5.88. The highest BCUT2D eigenvalue weighted by Crippen LogP contribution is 2.22. The Bertz CT molecular complexity index is 545. The number of benzene rings is 1. The molecule has 2 aromatic rings. The summed E-state index contributed by atoms with van der Waals surface area (Å²) in [7, 11) is 0. The van der Waals surface area contributed by atoms with Gasteiger partial charge in [-0.3, -0.25) is 5.10 Å². The van der Waals surface area contributed by atoms with E-state index in [1.165, 1.54) is 6.08 Å². The van der Waals surface area contributed by atoms with Gasteiger partial charge in [0.25, 0.3) is 0 Å². The lowest BCUT2D eigenvalue weighted by molar-refractivity contribution is -0.137. The summed E-state index contributed by atoms with van der Waals surface area (Å²) in [5, 5.41) is 6.83. The van der Waals surface area contributed by atoms with Gasteiger partial charge in [0.2, 0.25) is 0 Å². The van der Waals surface area contributed by atoms with Gasteiger partial charge in [0.05, 0.1) is 12.3 Å². The molecule has 0 atom stereocenters. The second-order valence-electron chi connectivity index (χ2n) is 3.64. The predicted octanol–water partition coefficient (Wildman–Crippen LogP) is 2.65. The molecule has 0 amide bonds. The van der Waals surface area contributed by atoms with Crippen LogP contribution in [0.2, 0.25) is 0 Å². The SMILES string of the molecule is CCOC(=O)C=Cc1ccccc1-c1ccn[nH]1. The Morgan fingerprint density at radius 1 is 1.39 bits per heavy atom. The van der Waals surface area contributed by atoms with Gasteiger partial charge in [-0.1, -0.05) is 24.3 Å². The maximum atomic E-state index is 11.3. The Morgan fingerprint density at radius 3 is 2.94 bits per heavy atom. The molecule has 4 heteroatoms. The van der Waals surface area contributed by atoms with Crippen LogP contribution in [-0.2, 0) is 9.53 Å². The molecule has 1 heterocycles. The summed E-state index contributed by atoms with van der Waals surface area (Å²) in [4.78, 5) is 11.3. The Hall–Kier alpha value is -2.36. The first-order chi connectivity index (χ1) is 8.81. The van der Waals surface area contributed by atoms with Crippen LogP contribution < -0.4 is 0 Å². The molecule has 0 saturated carbocycles. The first kappa shape index (κ1) is 12.1. The molecule has 0 bridgehead atoms. The van der Waals surface area contributed by atoms with Crippen molar-refractivity contribution in [2.75, 3.05) is 6.61 Å². The summed E-state index contributed by atoms with van der Waals surface area (Å²) in [5.74, 6) is -0.336. The van der Waals surface area contributed by atoms with E-state index in [4.69, 9.17) is 4.74 Å². The number of rotatable bonds is 4. The topological polar surface area (TPSA) is 55.0 Å². The summed E-state index contributed by atoms with van der Waals surface area (Å²) < 4.78 is 4.85. The van der Waals surface area contributed by atoms with Gasteiger partial charge < -0.3 is 4.74 Å². The molecule has 0 unspecified atom stereocenters. The fourth-order valence-electron chi connectivity index (χ4n) is 1.64. The molecule has 18 heavy (non-hydrogen) atoms. The number of esters is 1. The number of carbonyl (C=O) groups is 1. The Balaban J connectivity index is 2.26. The molecule has 0 aliphatic carbocycles. The lowest BCUT2D eigenvalue weighted by Gasteiger charge is -2.03. The third-order valence-corrected chi connectivity index (χ3v) is 2.44. The van der Waals surface area contributed by atoms with Gasteiger partial charge >= 0.3 is 5.97 Å². The molecule has 0 saturated heterocycles. The minimum atomic E-state index is -0.336. The van der Waals surface area contributed by atoms with E-state index < -0.39 is 0 Å². The highest BCUT2D eigenvalue weighted by Gasteiger charge is 2.03. The summed E-state index contributed by atoms with van der Waals surface area (Å²) in [6.45, 7) is 2.16. The molecule has 0 fully saturated rings. The van der Waals surface area contributed by atoms with Gasteiger partial charge in [0.15, 0.2) is 0 Å². The second-order valence-corrected chi connectivity index (χ2v) is 3.64. The quantitative estimate of drug-likeness (QED) is 0.662. The van der Waals surface area contributed by atoms with Crippen LogP contribution in [0.3, 0.4) is 0 Å². The van der Waals surface area contributed by atoms with Crippen LogP contribution in [0.4, 0.5) is 0 Å². The fraction of sp³-hybridized carbons (Fsp3) is 0.143. The van der Waals surface area contributed by atoms with Gasteiger partial charge in [-0.05, 0) is 24.6 Å². The largest absolute Gasteiger partial charge is 0.463 e. The van der Waals surface area contributed by atoms with Crippen LogP contribution in [0.25, 0.3) is 17.3 Å². The van der Waals surface area contributed by atoms with Crippen LogP contribution in [0.5, 0.6) is 0 Å². The molecular formula is C14H14N2O2. The van der Waals surface area contributed by atoms with Crippen LogP contribution >= 0.6 is 0 Å². The molecule has 0 radical (unpaired) electrons. The van der Waals surface area contributed by atoms with E-state index in [0.717, 1.165) is 16.8 Å². The summed E-state index contributed by atoms with van der Waals surface area (Å²) in [6, 6.07) is 9.66. The number of H-pyrrole nitrogens is 1. The number of aromatic nitrogens is 2. The van der Waals surface area contributed by atoms with E-state index in [1.807, 2.05) is 30.3 Å². The van der Waals surface area contributed by atoms with Gasteiger partial charge in [0.1, 0.15) is 0 Å². The van der Waals surface area contributed by atoms with Crippen molar-refractivity contribution < 1.29 is 9.53 Å². The average molecular weight is 242 g/mol. The van der Waals surface area contributed by atoms with Crippen molar-refractivity contribution in [2.24, 2.45) is 0 Å². The first-order valence-electron chi connectivity index (χ1n) is 5.75. The van der Waals surface area contributed by atoms with Crippen molar-refractivity contribution >= 4 is 12.0 Å². The highest BCUT2D eigenvalue weighted by atomic mass is 16.5. The maximum absolute atomic E-state index is 11.3. The molecule has 0 aliphatic heterocycles. The van der Waals surface area contributed by atoms with E-state index in [2.05, 4.69) is 10.2 Å². The predicted molar refractivity (Wildman–Crippen MR) is 69.7 cm³/mol. The minimum absolute atomic E-state index is 0.336. The zero-order valence-corrected chi connectivity index (χ0v) is 10.1. The molecule has 92 valence electrons. The van der Waals surface area contributed by atoms with Crippen molar-refractivity contribution in [3.63, 3.8) is 0 Å². The Morgan fingerprint density at radius 2 is 2.22 bits per heavy atom. The lowest BCUT2D eigenvalue weighted by atomic mass is 10.0. The van der Waals surface area contributed by atoms with E-state index in [0.29, 0.717) is 6.61 Å². The molecule has 1 aromatic carbocycles. The van der Waals surface area contributed by atoms with Crippen molar-refractivity contribution in [2.45, 2.75) is 6.92 Å². The second kappa shape index (κ2) is 5.82. The van der Waals surface area contributed by atoms with Gasteiger partial charge in [-0.2, -0.15) is 5.10 Å². The third kappa shape index (κ3) is 2.85. The molecule has 0 aliphatic rings. The van der Waals surface area contributed by atoms with Crippen LogP contribution in [0.15, 0.2) is 42.6 Å². The summed E-state index contributed by atoms with van der Waals surface area (Å²) in [6.07, 6.45) is 4.87. The summed E-state index contributed by atoms with van der Waals surface area (Å²) >= 11 is 0. The van der Waals surface area contributed by atoms with E-state index in [1.54, 1.807) is 19.2 Å². The number of hydrogen-bond acceptors (Lipinski definition) is 3. The average Bonchev–Trinajstić information content (AvgIpc) is 2.91. The molecule has 1 aromatic heterocycles. The van der Waals surface area contributed by atoms with Crippen molar-refractivity contribution in [1.29, 1.82) is 0 Å². The van der Waals surface area contributed by atoms with Crippen molar-refractivity contribution in [3.05, 3.63) is 48.2 Å². The monoisotopic (exact) mass is 242 g/mol. The third-order valence-electron chi connectivity index (χ3n) is 2.44. The number of aromatic amines is 1. The number of hydrogen-bond donors (Lipinski definition) is 1. The van der Waals surface area contributed by atoms with Crippen LogP contribution in [-0.4, -0.2) is 22.8 Å². The summed E-state index contributed by atoms with van der Waals surface area (Å²) in [5.41, 5.74) is 2.85. The van der Waals surface area contributed by atoms with Crippen LogP contribution in [0, 0.1) is 0 Å². The Labute approximate surface area is 105 Å². The normalized spacial score (nSPS) is 10.7. The van der Waals surface area contributed by atoms with Crippen LogP contribution in [0.1, 0.15) is 12.5 Å². The van der Waals surface area contributed by atoms with Crippen molar-refractivity contribution in [3.8, 4) is 11.3 Å². The van der Waals surface area contributed by atoms with Gasteiger partial charge in [-0.25, -0.2) is 4.79 Å². The number of nitrogens with one attached hydrogen (secondary N) is 1.